The summed E-state index contributed by atoms with van der Waals surface area (Å²) in [4.78, 5) is 0. The monoisotopic (exact) mass is 405 g/mol. The molecule has 0 radical (unpaired) electrons. The number of nitrogens with zero attached hydrogens (tertiary/aromatic N) is 3. The molecule has 28 heavy (non-hydrogen) atoms. The van der Waals surface area contributed by atoms with Crippen molar-refractivity contribution in [2.75, 3.05) is 0 Å². The van der Waals surface area contributed by atoms with Crippen molar-refractivity contribution < 1.29 is 13.6 Å². The molecule has 0 aliphatic heterocycles. The second kappa shape index (κ2) is 13.1. The molecule has 0 saturated heterocycles. The molecule has 156 valence electrons. The Balaban J connectivity index is 3.32. The summed E-state index contributed by atoms with van der Waals surface area (Å²) < 4.78 is 17.9. The predicted molar refractivity (Wildman–Crippen MR) is 119 cm³/mol. The van der Waals surface area contributed by atoms with Crippen molar-refractivity contribution in [2.24, 2.45) is 15.5 Å². The molecule has 0 saturated carbocycles. The average Bonchev–Trinajstić information content (AvgIpc) is 2.69. The van der Waals surface area contributed by atoms with Gasteiger partial charge in [-0.05, 0) is 40.0 Å². The maximum Gasteiger partial charge on any atom is 0.800 e. The van der Waals surface area contributed by atoms with E-state index >= 15 is 0 Å². The molecule has 0 aliphatic carbocycles. The zero-order chi connectivity index (χ0) is 20.8. The third-order valence-corrected chi connectivity index (χ3v) is 5.96. The first-order valence-electron chi connectivity index (χ1n) is 10.2. The van der Waals surface area contributed by atoms with Crippen LogP contribution < -0.4 is 5.19 Å². The van der Waals surface area contributed by atoms with E-state index in [1.807, 2.05) is 51.1 Å². The first-order chi connectivity index (χ1) is 13.5. The highest BCUT2D eigenvalue weighted by atomic mass is 28.4. The lowest BCUT2D eigenvalue weighted by atomic mass is 10.2. The first-order valence-corrected chi connectivity index (χ1v) is 11.9. The van der Waals surface area contributed by atoms with Gasteiger partial charge in [0.15, 0.2) is 0 Å². The van der Waals surface area contributed by atoms with E-state index in [9.17, 15) is 0 Å². The van der Waals surface area contributed by atoms with Gasteiger partial charge < -0.3 is 13.6 Å². The topological polar surface area (TPSA) is 64.8 Å². The largest absolute Gasteiger partial charge is 0.800 e. The molecule has 1 aromatic carbocycles. The lowest BCUT2D eigenvalue weighted by molar-refractivity contribution is 0.0799. The van der Waals surface area contributed by atoms with Gasteiger partial charge in [-0.25, -0.2) is 0 Å². The van der Waals surface area contributed by atoms with Crippen molar-refractivity contribution in [3.8, 4) is 0 Å². The highest BCUT2D eigenvalue weighted by molar-refractivity contribution is 6.75. The van der Waals surface area contributed by atoms with Crippen molar-refractivity contribution >= 4 is 31.1 Å². The van der Waals surface area contributed by atoms with E-state index in [-0.39, 0.29) is 0 Å². The molecule has 0 bridgehead atoms. The third kappa shape index (κ3) is 8.25. The van der Waals surface area contributed by atoms with Crippen LogP contribution in [0.2, 0.25) is 0 Å². The van der Waals surface area contributed by atoms with Gasteiger partial charge in [-0.1, -0.05) is 70.4 Å². The van der Waals surface area contributed by atoms with Crippen molar-refractivity contribution in [3.05, 3.63) is 30.3 Å². The van der Waals surface area contributed by atoms with Gasteiger partial charge in [0.1, 0.15) is 0 Å². The molecule has 0 aromatic heterocycles. The Morgan fingerprint density at radius 1 is 0.679 bits per heavy atom. The van der Waals surface area contributed by atoms with Crippen LogP contribution in [-0.4, -0.2) is 25.9 Å². The Hall–Kier alpha value is -2.15. The summed E-state index contributed by atoms with van der Waals surface area (Å²) in [5, 5.41) is 13.7. The van der Waals surface area contributed by atoms with Gasteiger partial charge in [-0.2, -0.15) is 0 Å². The number of benzene rings is 1. The minimum absolute atomic E-state index is 0.768. The summed E-state index contributed by atoms with van der Waals surface area (Å²) in [5.41, 5.74) is 2.64. The summed E-state index contributed by atoms with van der Waals surface area (Å²) in [5.74, 6) is 0. The summed E-state index contributed by atoms with van der Waals surface area (Å²) in [6, 6.07) is 9.59. The van der Waals surface area contributed by atoms with Crippen LogP contribution in [0, 0.1) is 0 Å². The number of oxime groups is 3. The summed E-state index contributed by atoms with van der Waals surface area (Å²) in [7, 11) is -3.51. The normalized spacial score (nSPS) is 15.1. The molecule has 0 spiro atoms. The van der Waals surface area contributed by atoms with Crippen LogP contribution in [0.3, 0.4) is 0 Å². The fraction of sp³-hybridized carbons (Fsp3) is 0.571. The molecule has 0 N–H and O–H groups in total. The van der Waals surface area contributed by atoms with E-state index < -0.39 is 8.80 Å². The lowest BCUT2D eigenvalue weighted by Crippen LogP contribution is -2.54. The Labute approximate surface area is 171 Å². The second-order valence-corrected chi connectivity index (χ2v) is 9.16. The standard InChI is InChI=1S/C21H35N3O3Si/c1-7-13-18(4)22-25-28(21-16-11-10-12-17-21,26-23-19(5)14-8-2)27-24-20(6)15-9-3/h10-12,16-17H,7-9,13-15H2,1-6H3. The van der Waals surface area contributed by atoms with Crippen LogP contribution in [-0.2, 0) is 13.6 Å². The van der Waals surface area contributed by atoms with E-state index in [1.165, 1.54) is 0 Å². The number of rotatable bonds is 13. The van der Waals surface area contributed by atoms with Crippen LogP contribution in [0.4, 0.5) is 0 Å². The summed E-state index contributed by atoms with van der Waals surface area (Å²) in [6.45, 7) is 12.1. The zero-order valence-corrected chi connectivity index (χ0v) is 19.2. The highest BCUT2D eigenvalue weighted by Gasteiger charge is 2.55. The van der Waals surface area contributed by atoms with Gasteiger partial charge in [0, 0.05) is 0 Å². The molecule has 0 amide bonds. The fourth-order valence-electron chi connectivity index (χ4n) is 2.49. The van der Waals surface area contributed by atoms with Gasteiger partial charge in [0.2, 0.25) is 0 Å². The molecular formula is C21H35N3O3Si. The molecular weight excluding hydrogens is 370 g/mol. The van der Waals surface area contributed by atoms with Crippen molar-refractivity contribution in [3.63, 3.8) is 0 Å². The van der Waals surface area contributed by atoms with Crippen LogP contribution in [0.5, 0.6) is 0 Å². The molecule has 6 nitrogen and oxygen atoms in total. The minimum atomic E-state index is -3.51. The van der Waals surface area contributed by atoms with E-state index in [2.05, 4.69) is 36.2 Å². The van der Waals surface area contributed by atoms with Crippen LogP contribution in [0.25, 0.3) is 0 Å². The maximum absolute atomic E-state index is 5.96. The smallest absolute Gasteiger partial charge is 0.370 e. The lowest BCUT2D eigenvalue weighted by Gasteiger charge is -2.22. The predicted octanol–water partition coefficient (Wildman–Crippen LogP) is 5.41. The molecule has 0 unspecified atom stereocenters. The average molecular weight is 406 g/mol. The van der Waals surface area contributed by atoms with E-state index in [0.717, 1.165) is 60.8 Å². The van der Waals surface area contributed by atoms with E-state index in [1.54, 1.807) is 0 Å². The summed E-state index contributed by atoms with van der Waals surface area (Å²) >= 11 is 0. The van der Waals surface area contributed by atoms with Crippen molar-refractivity contribution in [2.45, 2.75) is 80.1 Å². The third-order valence-electron chi connectivity index (χ3n) is 3.93. The van der Waals surface area contributed by atoms with Gasteiger partial charge in [0.25, 0.3) is 0 Å². The van der Waals surface area contributed by atoms with Gasteiger partial charge in [-0.3, -0.25) is 0 Å². The molecule has 7 heteroatoms. The SMILES string of the molecule is CCCC(C)=NO[Si](ON=C(C)CCC)(ON=C(C)CCC)c1ccccc1. The van der Waals surface area contributed by atoms with Gasteiger partial charge >= 0.3 is 8.80 Å². The quantitative estimate of drug-likeness (QED) is 0.250. The second-order valence-electron chi connectivity index (χ2n) is 6.93. The van der Waals surface area contributed by atoms with Crippen molar-refractivity contribution in [1.82, 2.24) is 0 Å². The fourth-order valence-corrected chi connectivity index (χ4v) is 4.33. The van der Waals surface area contributed by atoms with Gasteiger partial charge in [0.05, 0.1) is 22.3 Å². The summed E-state index contributed by atoms with van der Waals surface area (Å²) in [6.07, 6.45) is 5.49. The molecule has 0 atom stereocenters. The van der Waals surface area contributed by atoms with Crippen LogP contribution in [0.15, 0.2) is 45.8 Å². The van der Waals surface area contributed by atoms with Gasteiger partial charge in [-0.15, -0.1) is 15.5 Å². The minimum Gasteiger partial charge on any atom is -0.370 e. The molecule has 0 heterocycles. The molecule has 1 rings (SSSR count). The zero-order valence-electron chi connectivity index (χ0n) is 18.2. The Bertz CT molecular complexity index is 600. The van der Waals surface area contributed by atoms with Crippen LogP contribution in [0.1, 0.15) is 80.1 Å². The van der Waals surface area contributed by atoms with Crippen molar-refractivity contribution in [1.29, 1.82) is 0 Å². The maximum atomic E-state index is 5.96. The molecule has 1 aromatic rings. The first kappa shape index (κ1) is 23.9. The van der Waals surface area contributed by atoms with Crippen LogP contribution >= 0.6 is 0 Å². The van der Waals surface area contributed by atoms with E-state index in [0.29, 0.717) is 0 Å². The number of hydrogen-bond acceptors (Lipinski definition) is 6. The number of hydrogen-bond donors (Lipinski definition) is 0. The Morgan fingerprint density at radius 2 is 1.04 bits per heavy atom. The Morgan fingerprint density at radius 3 is 1.36 bits per heavy atom. The highest BCUT2D eigenvalue weighted by Crippen LogP contribution is 2.15. The molecule has 0 aliphatic rings. The Kier molecular flexibility index (Phi) is 11.2. The van der Waals surface area contributed by atoms with E-state index in [4.69, 9.17) is 13.6 Å². The molecule has 0 fully saturated rings.